The molecule has 2 rings (SSSR count). The first-order valence-electron chi connectivity index (χ1n) is 5.64. The lowest BCUT2D eigenvalue weighted by Crippen LogP contribution is -2.31. The molecule has 0 aliphatic heterocycles. The van der Waals surface area contributed by atoms with Crippen LogP contribution in [0.4, 0.5) is 5.69 Å². The highest BCUT2D eigenvalue weighted by Gasteiger charge is 2.19. The molecule has 7 nitrogen and oxygen atoms in total. The summed E-state index contributed by atoms with van der Waals surface area (Å²) in [7, 11) is 1.54. The van der Waals surface area contributed by atoms with Crippen molar-refractivity contribution in [3.63, 3.8) is 0 Å². The van der Waals surface area contributed by atoms with Crippen LogP contribution in [0, 0.1) is 10.1 Å². The first-order chi connectivity index (χ1) is 9.49. The molecular weight excluding hydrogens is 282 g/mol. The summed E-state index contributed by atoms with van der Waals surface area (Å²) < 4.78 is 0. The number of thiophene rings is 1. The third-order valence-corrected chi connectivity index (χ3v) is 3.51. The minimum Gasteiger partial charge on any atom is -0.336 e. The summed E-state index contributed by atoms with van der Waals surface area (Å²) in [5.74, 6) is -0.552. The third kappa shape index (κ3) is 2.91. The Hall–Kier alpha value is -2.48. The number of hydrogen-bond donors (Lipinski definition) is 1. The number of hydrogen-bond acceptors (Lipinski definition) is 5. The molecule has 0 aromatic carbocycles. The van der Waals surface area contributed by atoms with Gasteiger partial charge in [-0.25, -0.2) is 0 Å². The average molecular weight is 293 g/mol. The second kappa shape index (κ2) is 5.66. The van der Waals surface area contributed by atoms with Crippen molar-refractivity contribution in [1.29, 1.82) is 0 Å². The molecule has 0 saturated heterocycles. The number of rotatable bonds is 4. The van der Waals surface area contributed by atoms with E-state index in [4.69, 9.17) is 0 Å². The van der Waals surface area contributed by atoms with Crippen LogP contribution in [-0.2, 0) is 6.54 Å². The molecule has 2 aromatic rings. The molecule has 0 bridgehead atoms. The zero-order valence-electron chi connectivity index (χ0n) is 10.5. The number of carbonyl (C=O) groups is 1. The lowest BCUT2D eigenvalue weighted by molar-refractivity contribution is -0.385. The number of nitrogens with one attached hydrogen (secondary N) is 1. The highest BCUT2D eigenvalue weighted by Crippen LogP contribution is 2.14. The maximum absolute atomic E-state index is 12.2. The molecule has 0 radical (unpaired) electrons. The Bertz CT molecular complexity index is 693. The number of aromatic nitrogens is 1. The Balaban J connectivity index is 2.26. The van der Waals surface area contributed by atoms with Crippen molar-refractivity contribution in [2.75, 3.05) is 7.05 Å². The number of amides is 1. The van der Waals surface area contributed by atoms with Gasteiger partial charge in [-0.3, -0.25) is 19.7 Å². The maximum atomic E-state index is 12.2. The summed E-state index contributed by atoms with van der Waals surface area (Å²) >= 11 is 1.49. The summed E-state index contributed by atoms with van der Waals surface area (Å²) in [6.07, 6.45) is 0.971. The number of pyridine rings is 1. The second-order valence-corrected chi connectivity index (χ2v) is 5.13. The molecule has 0 aliphatic carbocycles. The number of carbonyl (C=O) groups excluding carboxylic acids is 1. The van der Waals surface area contributed by atoms with Crippen molar-refractivity contribution >= 4 is 22.9 Å². The normalized spacial score (nSPS) is 10.2. The van der Waals surface area contributed by atoms with Gasteiger partial charge in [-0.2, -0.15) is 0 Å². The molecule has 8 heteroatoms. The molecule has 0 aliphatic rings. The largest absolute Gasteiger partial charge is 0.336 e. The van der Waals surface area contributed by atoms with E-state index in [1.165, 1.54) is 16.2 Å². The van der Waals surface area contributed by atoms with Crippen molar-refractivity contribution in [3.05, 3.63) is 60.7 Å². The minimum atomic E-state index is -0.661. The first-order valence-corrected chi connectivity index (χ1v) is 6.52. The number of nitrogens with zero attached hydrogens (tertiary/aromatic N) is 2. The minimum absolute atomic E-state index is 0.238. The Kier molecular flexibility index (Phi) is 3.94. The monoisotopic (exact) mass is 293 g/mol. The number of nitro groups is 1. The van der Waals surface area contributed by atoms with E-state index in [0.717, 1.165) is 17.1 Å². The highest BCUT2D eigenvalue weighted by atomic mass is 32.1. The summed E-state index contributed by atoms with van der Waals surface area (Å²) in [4.78, 5) is 38.3. The van der Waals surface area contributed by atoms with Gasteiger partial charge in [0.1, 0.15) is 5.56 Å². The van der Waals surface area contributed by atoms with Gasteiger partial charge in [-0.15, -0.1) is 11.3 Å². The van der Waals surface area contributed by atoms with Crippen LogP contribution in [0.3, 0.4) is 0 Å². The predicted octanol–water partition coefficient (Wildman–Crippen LogP) is 1.62. The highest BCUT2D eigenvalue weighted by molar-refractivity contribution is 7.09. The summed E-state index contributed by atoms with van der Waals surface area (Å²) in [5.41, 5.74) is -1.20. The van der Waals surface area contributed by atoms with Gasteiger partial charge >= 0.3 is 0 Å². The van der Waals surface area contributed by atoms with Gasteiger partial charge in [0.05, 0.1) is 17.7 Å². The van der Waals surface area contributed by atoms with Gasteiger partial charge in [-0.1, -0.05) is 6.07 Å². The fraction of sp³-hybridized carbons (Fsp3) is 0.167. The van der Waals surface area contributed by atoms with Crippen molar-refractivity contribution in [2.45, 2.75) is 6.54 Å². The van der Waals surface area contributed by atoms with E-state index in [0.29, 0.717) is 6.54 Å². The van der Waals surface area contributed by atoms with Gasteiger partial charge < -0.3 is 9.88 Å². The quantitative estimate of drug-likeness (QED) is 0.684. The standard InChI is InChI=1S/C12H11N3O4S/c1-14(7-9-3-2-4-20-9)12(17)10-5-8(15(18)19)6-13-11(10)16/h2-6H,7H2,1H3,(H,13,16). The van der Waals surface area contributed by atoms with Crippen molar-refractivity contribution in [3.8, 4) is 0 Å². The van der Waals surface area contributed by atoms with Gasteiger partial charge in [0.2, 0.25) is 0 Å². The van der Waals surface area contributed by atoms with E-state index in [1.54, 1.807) is 7.05 Å². The molecule has 0 unspecified atom stereocenters. The van der Waals surface area contributed by atoms with Crippen LogP contribution < -0.4 is 5.56 Å². The van der Waals surface area contributed by atoms with Crippen LogP contribution in [0.15, 0.2) is 34.6 Å². The van der Waals surface area contributed by atoms with Crippen molar-refractivity contribution < 1.29 is 9.72 Å². The fourth-order valence-corrected chi connectivity index (χ4v) is 2.41. The van der Waals surface area contributed by atoms with Crippen LogP contribution >= 0.6 is 11.3 Å². The van der Waals surface area contributed by atoms with Crippen molar-refractivity contribution in [2.24, 2.45) is 0 Å². The molecule has 1 N–H and O–H groups in total. The van der Waals surface area contributed by atoms with Crippen LogP contribution in [0.5, 0.6) is 0 Å². The predicted molar refractivity (Wildman–Crippen MR) is 73.8 cm³/mol. The Labute approximate surface area is 117 Å². The van der Waals surface area contributed by atoms with Crippen molar-refractivity contribution in [1.82, 2.24) is 9.88 Å². The molecule has 0 saturated carbocycles. The molecule has 104 valence electrons. The van der Waals surface area contributed by atoms with Crippen LogP contribution in [0.2, 0.25) is 0 Å². The van der Waals surface area contributed by atoms with E-state index >= 15 is 0 Å². The molecule has 0 atom stereocenters. The summed E-state index contributed by atoms with van der Waals surface area (Å²) in [6.45, 7) is 0.346. The molecule has 1 amide bonds. The zero-order chi connectivity index (χ0) is 14.7. The second-order valence-electron chi connectivity index (χ2n) is 4.10. The van der Waals surface area contributed by atoms with Crippen LogP contribution in [0.1, 0.15) is 15.2 Å². The molecule has 0 spiro atoms. The number of H-pyrrole nitrogens is 1. The van der Waals surface area contributed by atoms with Gasteiger partial charge in [-0.05, 0) is 11.4 Å². The van der Waals surface area contributed by atoms with E-state index < -0.39 is 16.4 Å². The maximum Gasteiger partial charge on any atom is 0.286 e. The summed E-state index contributed by atoms with van der Waals surface area (Å²) in [5, 5.41) is 12.6. The fourth-order valence-electron chi connectivity index (χ4n) is 1.65. The zero-order valence-corrected chi connectivity index (χ0v) is 11.3. The molecular formula is C12H11N3O4S. The van der Waals surface area contributed by atoms with Gasteiger partial charge in [0, 0.05) is 18.0 Å². The van der Waals surface area contributed by atoms with Gasteiger partial charge in [0.15, 0.2) is 0 Å². The lowest BCUT2D eigenvalue weighted by atomic mass is 10.2. The molecule has 0 fully saturated rings. The SMILES string of the molecule is CN(Cc1cccs1)C(=O)c1cc([N+](=O)[O-])c[nH]c1=O. The van der Waals surface area contributed by atoms with Crippen LogP contribution in [0.25, 0.3) is 0 Å². The Morgan fingerprint density at radius 3 is 2.90 bits per heavy atom. The van der Waals surface area contributed by atoms with E-state index in [9.17, 15) is 19.7 Å². The topological polar surface area (TPSA) is 96.3 Å². The average Bonchev–Trinajstić information content (AvgIpc) is 2.91. The molecule has 2 heterocycles. The van der Waals surface area contributed by atoms with Gasteiger partial charge in [0.25, 0.3) is 17.2 Å². The summed E-state index contributed by atoms with van der Waals surface area (Å²) in [6, 6.07) is 4.72. The van der Waals surface area contributed by atoms with E-state index in [1.807, 2.05) is 17.5 Å². The van der Waals surface area contributed by atoms with E-state index in [-0.39, 0.29) is 11.3 Å². The third-order valence-electron chi connectivity index (χ3n) is 2.65. The molecule has 2 aromatic heterocycles. The van der Waals surface area contributed by atoms with Crippen LogP contribution in [-0.4, -0.2) is 27.8 Å². The first kappa shape index (κ1) is 13.9. The van der Waals surface area contributed by atoms with E-state index in [2.05, 4.69) is 4.98 Å². The lowest BCUT2D eigenvalue weighted by Gasteiger charge is -2.15. The Morgan fingerprint density at radius 2 is 2.30 bits per heavy atom. The number of aromatic amines is 1. The molecule has 20 heavy (non-hydrogen) atoms. The smallest absolute Gasteiger partial charge is 0.286 e. The Morgan fingerprint density at radius 1 is 1.55 bits per heavy atom.